The van der Waals surface area contributed by atoms with Crippen LogP contribution in [0.4, 0.5) is 0 Å². The van der Waals surface area contributed by atoms with E-state index >= 15 is 0 Å². The molecule has 0 spiro atoms. The van der Waals surface area contributed by atoms with E-state index in [1.54, 1.807) is 14.1 Å². The summed E-state index contributed by atoms with van der Waals surface area (Å²) >= 11 is 0. The number of likely N-dealkylation sites (N-methyl/N-ethyl adjacent to an activating group) is 1. The van der Waals surface area contributed by atoms with E-state index in [9.17, 15) is 9.59 Å². The van der Waals surface area contributed by atoms with Gasteiger partial charge >= 0.3 is 0 Å². The third-order valence-electron chi connectivity index (χ3n) is 4.13. The first-order valence-electron chi connectivity index (χ1n) is 8.55. The lowest BCUT2D eigenvalue weighted by Gasteiger charge is -2.27. The number of rotatable bonds is 5. The maximum atomic E-state index is 11.8. The SMILES string of the molecule is CC(NC(=NCC(=O)N(C)C)NC1CCC(=O)NC1)c1ccccc1.I. The molecule has 1 aromatic rings. The normalized spacial score (nSPS) is 18.2. The fraction of sp³-hybridized carbons (Fsp3) is 0.500. The predicted octanol–water partition coefficient (Wildman–Crippen LogP) is 1.27. The Bertz CT molecular complexity index is 611. The number of guanidine groups is 1. The molecule has 8 heteroatoms. The molecule has 2 amide bonds. The van der Waals surface area contributed by atoms with Gasteiger partial charge < -0.3 is 20.9 Å². The summed E-state index contributed by atoms with van der Waals surface area (Å²) < 4.78 is 0. The molecule has 0 aliphatic carbocycles. The number of carbonyl (C=O) groups excluding carboxylic acids is 2. The minimum Gasteiger partial charge on any atom is -0.354 e. The van der Waals surface area contributed by atoms with Crippen molar-refractivity contribution in [2.75, 3.05) is 27.2 Å². The Kier molecular flexibility index (Phi) is 9.39. The van der Waals surface area contributed by atoms with Crippen LogP contribution in [-0.4, -0.2) is 55.9 Å². The van der Waals surface area contributed by atoms with E-state index in [1.807, 2.05) is 37.3 Å². The Hall–Kier alpha value is -1.84. The second-order valence-electron chi connectivity index (χ2n) is 6.41. The van der Waals surface area contributed by atoms with E-state index in [0.29, 0.717) is 18.9 Å². The van der Waals surface area contributed by atoms with Gasteiger partial charge in [-0.15, -0.1) is 24.0 Å². The number of hydrogen-bond acceptors (Lipinski definition) is 3. The van der Waals surface area contributed by atoms with Gasteiger partial charge in [0.1, 0.15) is 6.54 Å². The van der Waals surface area contributed by atoms with E-state index in [1.165, 1.54) is 4.90 Å². The molecule has 0 bridgehead atoms. The third kappa shape index (κ3) is 7.19. The molecule has 1 aliphatic heterocycles. The number of aliphatic imine (C=N–C) groups is 1. The van der Waals surface area contributed by atoms with Crippen LogP contribution in [0.3, 0.4) is 0 Å². The fourth-order valence-electron chi connectivity index (χ4n) is 2.50. The van der Waals surface area contributed by atoms with Crippen molar-refractivity contribution in [1.29, 1.82) is 0 Å². The maximum Gasteiger partial charge on any atom is 0.243 e. The minimum atomic E-state index is -0.0644. The van der Waals surface area contributed by atoms with E-state index < -0.39 is 0 Å². The standard InChI is InChI=1S/C18H27N5O2.HI/c1-13(14-7-5-4-6-8-14)21-18(20-12-17(25)23(2)3)22-15-9-10-16(24)19-11-15;/h4-8,13,15H,9-12H2,1-3H3,(H,19,24)(H2,20,21,22);1H. The lowest BCUT2D eigenvalue weighted by Crippen LogP contribution is -2.51. The molecule has 2 unspecified atom stereocenters. The van der Waals surface area contributed by atoms with Gasteiger partial charge in [-0.2, -0.15) is 0 Å². The highest BCUT2D eigenvalue weighted by Gasteiger charge is 2.20. The summed E-state index contributed by atoms with van der Waals surface area (Å²) in [4.78, 5) is 29.1. The average molecular weight is 473 g/mol. The molecular formula is C18H28IN5O2. The van der Waals surface area contributed by atoms with E-state index in [0.717, 1.165) is 12.0 Å². The second kappa shape index (κ2) is 11.0. The zero-order valence-electron chi connectivity index (χ0n) is 15.5. The van der Waals surface area contributed by atoms with Crippen molar-refractivity contribution in [2.45, 2.75) is 31.8 Å². The molecule has 0 aromatic heterocycles. The van der Waals surface area contributed by atoms with Gasteiger partial charge in [-0.05, 0) is 18.9 Å². The van der Waals surface area contributed by atoms with Crippen LogP contribution in [0, 0.1) is 0 Å². The van der Waals surface area contributed by atoms with Crippen LogP contribution in [0.5, 0.6) is 0 Å². The fourth-order valence-corrected chi connectivity index (χ4v) is 2.50. The van der Waals surface area contributed by atoms with Crippen molar-refractivity contribution in [3.8, 4) is 0 Å². The Morgan fingerprint density at radius 1 is 1.35 bits per heavy atom. The van der Waals surface area contributed by atoms with E-state index in [2.05, 4.69) is 20.9 Å². The van der Waals surface area contributed by atoms with Crippen LogP contribution in [0.15, 0.2) is 35.3 Å². The van der Waals surface area contributed by atoms with Crippen molar-refractivity contribution < 1.29 is 9.59 Å². The Balaban J connectivity index is 0.00000338. The number of nitrogens with one attached hydrogen (secondary N) is 3. The minimum absolute atomic E-state index is 0. The molecule has 0 saturated carbocycles. The summed E-state index contributed by atoms with van der Waals surface area (Å²) in [6.07, 6.45) is 1.24. The maximum absolute atomic E-state index is 11.8. The smallest absolute Gasteiger partial charge is 0.243 e. The van der Waals surface area contributed by atoms with E-state index in [4.69, 9.17) is 0 Å². The summed E-state index contributed by atoms with van der Waals surface area (Å²) in [6, 6.07) is 10.2. The van der Waals surface area contributed by atoms with Gasteiger partial charge in [-0.1, -0.05) is 30.3 Å². The average Bonchev–Trinajstić information content (AvgIpc) is 2.61. The molecule has 0 radical (unpaired) electrons. The molecular weight excluding hydrogens is 445 g/mol. The number of benzene rings is 1. The van der Waals surface area contributed by atoms with Crippen LogP contribution in [0.2, 0.25) is 0 Å². The zero-order chi connectivity index (χ0) is 18.2. The highest BCUT2D eigenvalue weighted by Crippen LogP contribution is 2.11. The van der Waals surface area contributed by atoms with Gasteiger partial charge in [0.15, 0.2) is 5.96 Å². The quantitative estimate of drug-likeness (QED) is 0.342. The Morgan fingerprint density at radius 3 is 2.62 bits per heavy atom. The number of hydrogen-bond donors (Lipinski definition) is 3. The Morgan fingerprint density at radius 2 is 2.04 bits per heavy atom. The Labute approximate surface area is 172 Å². The number of halogens is 1. The summed E-state index contributed by atoms with van der Waals surface area (Å²) in [5.41, 5.74) is 1.13. The molecule has 1 saturated heterocycles. The second-order valence-corrected chi connectivity index (χ2v) is 6.41. The monoisotopic (exact) mass is 473 g/mol. The van der Waals surface area contributed by atoms with Gasteiger partial charge in [0.25, 0.3) is 0 Å². The third-order valence-corrected chi connectivity index (χ3v) is 4.13. The molecule has 1 aliphatic rings. The lowest BCUT2D eigenvalue weighted by molar-refractivity contribution is -0.127. The molecule has 1 heterocycles. The van der Waals surface area contributed by atoms with Gasteiger partial charge in [0.05, 0.1) is 6.04 Å². The first-order chi connectivity index (χ1) is 12.0. The molecule has 26 heavy (non-hydrogen) atoms. The van der Waals surface area contributed by atoms with Crippen molar-refractivity contribution in [1.82, 2.24) is 20.9 Å². The topological polar surface area (TPSA) is 85.8 Å². The summed E-state index contributed by atoms with van der Waals surface area (Å²) in [6.45, 7) is 2.67. The lowest BCUT2D eigenvalue weighted by atomic mass is 10.1. The van der Waals surface area contributed by atoms with Gasteiger partial charge in [0.2, 0.25) is 11.8 Å². The predicted molar refractivity (Wildman–Crippen MR) is 114 cm³/mol. The van der Waals surface area contributed by atoms with Crippen LogP contribution >= 0.6 is 24.0 Å². The number of piperidine rings is 1. The van der Waals surface area contributed by atoms with E-state index in [-0.39, 0.29) is 54.4 Å². The molecule has 1 fully saturated rings. The largest absolute Gasteiger partial charge is 0.354 e. The van der Waals surface area contributed by atoms with Gasteiger partial charge in [-0.25, -0.2) is 4.99 Å². The number of amides is 2. The van der Waals surface area contributed by atoms with Crippen molar-refractivity contribution >= 4 is 41.8 Å². The summed E-state index contributed by atoms with van der Waals surface area (Å²) in [5.74, 6) is 0.586. The molecule has 144 valence electrons. The molecule has 2 atom stereocenters. The van der Waals surface area contributed by atoms with Crippen molar-refractivity contribution in [3.63, 3.8) is 0 Å². The van der Waals surface area contributed by atoms with Crippen LogP contribution < -0.4 is 16.0 Å². The highest BCUT2D eigenvalue weighted by atomic mass is 127. The first-order valence-corrected chi connectivity index (χ1v) is 8.55. The van der Waals surface area contributed by atoms with Gasteiger partial charge in [-0.3, -0.25) is 9.59 Å². The first kappa shape index (κ1) is 22.2. The van der Waals surface area contributed by atoms with Crippen molar-refractivity contribution in [2.24, 2.45) is 4.99 Å². The molecule has 2 rings (SSSR count). The summed E-state index contributed by atoms with van der Waals surface area (Å²) in [5, 5.41) is 9.51. The zero-order valence-corrected chi connectivity index (χ0v) is 17.8. The number of nitrogens with zero attached hydrogens (tertiary/aromatic N) is 2. The number of carbonyl (C=O) groups is 2. The molecule has 1 aromatic carbocycles. The highest BCUT2D eigenvalue weighted by molar-refractivity contribution is 14.0. The summed E-state index contributed by atoms with van der Waals surface area (Å²) in [7, 11) is 3.42. The van der Waals surface area contributed by atoms with Crippen LogP contribution in [0.25, 0.3) is 0 Å². The molecule has 3 N–H and O–H groups in total. The molecule has 7 nitrogen and oxygen atoms in total. The van der Waals surface area contributed by atoms with Crippen LogP contribution in [0.1, 0.15) is 31.4 Å². The van der Waals surface area contributed by atoms with Gasteiger partial charge in [0, 0.05) is 33.1 Å². The van der Waals surface area contributed by atoms with Crippen molar-refractivity contribution in [3.05, 3.63) is 35.9 Å². The van der Waals surface area contributed by atoms with Crippen LogP contribution in [-0.2, 0) is 9.59 Å².